The van der Waals surface area contributed by atoms with Crippen LogP contribution in [0.15, 0.2) is 18.2 Å². The first-order valence-electron chi connectivity index (χ1n) is 9.30. The molecule has 150 valence electrons. The van der Waals surface area contributed by atoms with Gasteiger partial charge in [0.2, 0.25) is 0 Å². The molecule has 1 aromatic carbocycles. The number of amides is 1. The lowest BCUT2D eigenvalue weighted by atomic mass is 10.0. The molecule has 1 fully saturated rings. The Hall–Kier alpha value is -1.95. The van der Waals surface area contributed by atoms with Crippen LogP contribution in [0.1, 0.15) is 45.6 Å². The van der Waals surface area contributed by atoms with Gasteiger partial charge in [0.25, 0.3) is 0 Å². The van der Waals surface area contributed by atoms with Crippen LogP contribution in [0.25, 0.3) is 0 Å². The second-order valence-electron chi connectivity index (χ2n) is 7.76. The van der Waals surface area contributed by atoms with Crippen LogP contribution in [0.3, 0.4) is 0 Å². The van der Waals surface area contributed by atoms with Crippen LogP contribution < -0.4 is 10.2 Å². The molecular weight excluding hydrogens is 368 g/mol. The molecule has 27 heavy (non-hydrogen) atoms. The Labute approximate surface area is 166 Å². The van der Waals surface area contributed by atoms with Gasteiger partial charge in [0.15, 0.2) is 0 Å². The van der Waals surface area contributed by atoms with Crippen molar-refractivity contribution in [3.63, 3.8) is 0 Å². The van der Waals surface area contributed by atoms with Crippen LogP contribution in [-0.4, -0.2) is 43.9 Å². The highest BCUT2D eigenvalue weighted by molar-refractivity contribution is 6.33. The van der Waals surface area contributed by atoms with Crippen molar-refractivity contribution in [2.75, 3.05) is 25.1 Å². The van der Waals surface area contributed by atoms with Crippen molar-refractivity contribution >= 4 is 29.4 Å². The number of alkyl carbamates (subject to hydrolysis) is 1. The predicted molar refractivity (Wildman–Crippen MR) is 106 cm³/mol. The fourth-order valence-corrected chi connectivity index (χ4v) is 3.32. The number of carbonyl (C=O) groups excluding carboxylic acids is 2. The molecule has 1 N–H and O–H groups in total. The maximum atomic E-state index is 12.1. The number of hydrogen-bond donors (Lipinski definition) is 1. The van der Waals surface area contributed by atoms with Crippen LogP contribution in [-0.2, 0) is 20.7 Å². The van der Waals surface area contributed by atoms with Crippen molar-refractivity contribution in [1.82, 2.24) is 5.32 Å². The van der Waals surface area contributed by atoms with E-state index in [2.05, 4.69) is 10.2 Å². The molecule has 1 aromatic rings. The number of nitrogens with zero attached hydrogens (tertiary/aromatic N) is 1. The number of methoxy groups -OCH3 is 1. The molecule has 1 heterocycles. The van der Waals surface area contributed by atoms with E-state index < -0.39 is 23.7 Å². The largest absolute Gasteiger partial charge is 0.467 e. The smallest absolute Gasteiger partial charge is 0.408 e. The number of anilines is 1. The number of ether oxygens (including phenoxy) is 2. The molecule has 0 bridgehead atoms. The number of hydrogen-bond acceptors (Lipinski definition) is 5. The summed E-state index contributed by atoms with van der Waals surface area (Å²) in [5, 5.41) is 3.29. The third-order valence-electron chi connectivity index (χ3n) is 4.32. The number of rotatable bonds is 5. The molecule has 0 unspecified atom stereocenters. The number of benzene rings is 1. The second kappa shape index (κ2) is 9.31. The summed E-state index contributed by atoms with van der Waals surface area (Å²) >= 11 is 6.39. The van der Waals surface area contributed by atoms with Gasteiger partial charge in [-0.2, -0.15) is 0 Å². The first kappa shape index (κ1) is 21.4. The molecule has 1 aliphatic heterocycles. The zero-order valence-electron chi connectivity index (χ0n) is 16.5. The zero-order chi connectivity index (χ0) is 20.0. The van der Waals surface area contributed by atoms with Crippen LogP contribution in [0.4, 0.5) is 10.5 Å². The summed E-state index contributed by atoms with van der Waals surface area (Å²) in [6, 6.07) is 4.85. The standard InChI is InChI=1S/C20H29ClN2O4/c1-20(2,3)27-19(25)22-16(18(24)26-4)12-14-8-9-15(21)17(13-14)23-10-6-5-7-11-23/h8-9,13,16H,5-7,10-12H2,1-4H3,(H,22,25)/t16-/m1/s1. The minimum atomic E-state index is -0.833. The molecule has 6 nitrogen and oxygen atoms in total. The molecule has 0 saturated carbocycles. The average Bonchev–Trinajstić information content (AvgIpc) is 2.61. The van der Waals surface area contributed by atoms with E-state index in [-0.39, 0.29) is 0 Å². The molecule has 1 amide bonds. The maximum Gasteiger partial charge on any atom is 0.408 e. The molecule has 1 aliphatic rings. The lowest BCUT2D eigenvalue weighted by Gasteiger charge is -2.30. The number of carbonyl (C=O) groups is 2. The first-order chi connectivity index (χ1) is 12.7. The number of nitrogens with one attached hydrogen (secondary N) is 1. The maximum absolute atomic E-state index is 12.1. The molecule has 1 saturated heterocycles. The summed E-state index contributed by atoms with van der Waals surface area (Å²) in [5.41, 5.74) is 1.22. The van der Waals surface area contributed by atoms with Crippen LogP contribution in [0.5, 0.6) is 0 Å². The van der Waals surface area contributed by atoms with Crippen molar-refractivity contribution in [1.29, 1.82) is 0 Å². The normalized spacial score (nSPS) is 15.8. The number of esters is 1. The highest BCUT2D eigenvalue weighted by Crippen LogP contribution is 2.29. The van der Waals surface area contributed by atoms with Gasteiger partial charge in [-0.15, -0.1) is 0 Å². The Morgan fingerprint density at radius 1 is 1.22 bits per heavy atom. The summed E-state index contributed by atoms with van der Waals surface area (Å²) in [6.07, 6.45) is 3.17. The monoisotopic (exact) mass is 396 g/mol. The molecule has 7 heteroatoms. The molecule has 2 rings (SSSR count). The Morgan fingerprint density at radius 2 is 1.89 bits per heavy atom. The van der Waals surface area contributed by atoms with Crippen molar-refractivity contribution in [2.45, 2.75) is 58.1 Å². The lowest BCUT2D eigenvalue weighted by Crippen LogP contribution is -2.45. The third kappa shape index (κ3) is 6.61. The zero-order valence-corrected chi connectivity index (χ0v) is 17.3. The Kier molecular flexibility index (Phi) is 7.36. The molecule has 0 spiro atoms. The van der Waals surface area contributed by atoms with E-state index in [9.17, 15) is 9.59 Å². The van der Waals surface area contributed by atoms with Crippen LogP contribution in [0, 0.1) is 0 Å². The number of piperidine rings is 1. The van der Waals surface area contributed by atoms with E-state index in [1.54, 1.807) is 20.8 Å². The highest BCUT2D eigenvalue weighted by Gasteiger charge is 2.26. The fourth-order valence-electron chi connectivity index (χ4n) is 3.08. The van der Waals surface area contributed by atoms with Gasteiger partial charge in [0.1, 0.15) is 11.6 Å². The predicted octanol–water partition coefficient (Wildman–Crippen LogP) is 3.94. The van der Waals surface area contributed by atoms with Gasteiger partial charge in [-0.05, 0) is 57.7 Å². The Balaban J connectivity index is 2.14. The quantitative estimate of drug-likeness (QED) is 0.763. The Morgan fingerprint density at radius 3 is 2.48 bits per heavy atom. The summed E-state index contributed by atoms with van der Waals surface area (Å²) < 4.78 is 10.1. The highest BCUT2D eigenvalue weighted by atomic mass is 35.5. The molecule has 1 atom stereocenters. The Bertz CT molecular complexity index is 666. The third-order valence-corrected chi connectivity index (χ3v) is 4.64. The summed E-state index contributed by atoms with van der Waals surface area (Å²) in [4.78, 5) is 26.5. The van der Waals surface area contributed by atoms with Gasteiger partial charge in [-0.1, -0.05) is 17.7 Å². The van der Waals surface area contributed by atoms with E-state index in [1.165, 1.54) is 13.5 Å². The van der Waals surface area contributed by atoms with E-state index in [0.29, 0.717) is 11.4 Å². The van der Waals surface area contributed by atoms with E-state index in [4.69, 9.17) is 21.1 Å². The van der Waals surface area contributed by atoms with E-state index in [1.807, 2.05) is 18.2 Å². The van der Waals surface area contributed by atoms with Gasteiger partial charge < -0.3 is 19.7 Å². The van der Waals surface area contributed by atoms with Gasteiger partial charge in [0, 0.05) is 19.5 Å². The SMILES string of the molecule is COC(=O)[C@@H](Cc1ccc(Cl)c(N2CCCCC2)c1)NC(=O)OC(C)(C)C. The molecule has 0 aliphatic carbocycles. The first-order valence-corrected chi connectivity index (χ1v) is 9.68. The van der Waals surface area contributed by atoms with E-state index >= 15 is 0 Å². The minimum absolute atomic E-state index is 0.296. The molecular formula is C20H29ClN2O4. The second-order valence-corrected chi connectivity index (χ2v) is 8.17. The van der Waals surface area contributed by atoms with Crippen molar-refractivity contribution in [2.24, 2.45) is 0 Å². The average molecular weight is 397 g/mol. The lowest BCUT2D eigenvalue weighted by molar-refractivity contribution is -0.143. The summed E-state index contributed by atoms with van der Waals surface area (Å²) in [7, 11) is 1.30. The van der Waals surface area contributed by atoms with E-state index in [0.717, 1.165) is 37.2 Å². The van der Waals surface area contributed by atoms with Crippen molar-refractivity contribution < 1.29 is 19.1 Å². The van der Waals surface area contributed by atoms with Gasteiger partial charge >= 0.3 is 12.1 Å². The van der Waals surface area contributed by atoms with Gasteiger partial charge in [0.05, 0.1) is 17.8 Å². The van der Waals surface area contributed by atoms with Gasteiger partial charge in [-0.25, -0.2) is 9.59 Å². The van der Waals surface area contributed by atoms with Crippen molar-refractivity contribution in [3.8, 4) is 0 Å². The summed E-state index contributed by atoms with van der Waals surface area (Å²) in [6.45, 7) is 7.25. The molecule has 0 radical (unpaired) electrons. The minimum Gasteiger partial charge on any atom is -0.467 e. The van der Waals surface area contributed by atoms with Crippen LogP contribution >= 0.6 is 11.6 Å². The van der Waals surface area contributed by atoms with Crippen molar-refractivity contribution in [3.05, 3.63) is 28.8 Å². The fraction of sp³-hybridized carbons (Fsp3) is 0.600. The summed E-state index contributed by atoms with van der Waals surface area (Å²) in [5.74, 6) is -0.518. The van der Waals surface area contributed by atoms with Crippen LogP contribution in [0.2, 0.25) is 5.02 Å². The van der Waals surface area contributed by atoms with Gasteiger partial charge in [-0.3, -0.25) is 0 Å². The number of halogens is 1. The topological polar surface area (TPSA) is 67.9 Å². The molecule has 0 aromatic heterocycles.